The zero-order valence-corrected chi connectivity index (χ0v) is 8.92. The van der Waals surface area contributed by atoms with Crippen molar-refractivity contribution in [1.82, 2.24) is 10.1 Å². The first-order valence-electron chi connectivity index (χ1n) is 5.01. The van der Waals surface area contributed by atoms with E-state index in [0.717, 1.165) is 18.1 Å². The summed E-state index contributed by atoms with van der Waals surface area (Å²) in [5, 5.41) is 4.55. The summed E-state index contributed by atoms with van der Waals surface area (Å²) in [5.41, 5.74) is 5.41. The molecule has 2 N–H and O–H groups in total. The highest BCUT2D eigenvalue weighted by molar-refractivity contribution is 8.00. The van der Waals surface area contributed by atoms with Crippen LogP contribution in [0.2, 0.25) is 0 Å². The van der Waals surface area contributed by atoms with Crippen LogP contribution in [0.4, 0.5) is 0 Å². The minimum atomic E-state index is 0.581. The van der Waals surface area contributed by atoms with Gasteiger partial charge in [-0.15, -0.1) is 0 Å². The van der Waals surface area contributed by atoms with Crippen LogP contribution >= 0.6 is 11.8 Å². The van der Waals surface area contributed by atoms with Gasteiger partial charge in [-0.1, -0.05) is 5.16 Å². The van der Waals surface area contributed by atoms with E-state index in [4.69, 9.17) is 10.3 Å². The molecule has 2 heterocycles. The Bertz CT molecular complexity index is 283. The molecule has 78 valence electrons. The Balaban J connectivity index is 1.88. The molecule has 2 rings (SSSR count). The summed E-state index contributed by atoms with van der Waals surface area (Å²) >= 11 is 2.01. The average molecular weight is 213 g/mol. The average Bonchev–Trinajstić information content (AvgIpc) is 2.79. The number of aromatic nitrogens is 2. The lowest BCUT2D eigenvalue weighted by Crippen LogP contribution is -2.05. The molecule has 5 heteroatoms. The largest absolute Gasteiger partial charge is 0.339 e. The molecular formula is C9H15N3OS. The molecule has 1 unspecified atom stereocenters. The van der Waals surface area contributed by atoms with Crippen molar-refractivity contribution in [3.8, 4) is 0 Å². The molecule has 0 saturated carbocycles. The molecule has 0 aliphatic carbocycles. The fourth-order valence-electron chi connectivity index (χ4n) is 1.60. The molecule has 0 bridgehead atoms. The first kappa shape index (κ1) is 9.98. The van der Waals surface area contributed by atoms with Gasteiger partial charge in [0.25, 0.3) is 0 Å². The van der Waals surface area contributed by atoms with Gasteiger partial charge in [-0.25, -0.2) is 0 Å². The van der Waals surface area contributed by atoms with E-state index in [9.17, 15) is 0 Å². The van der Waals surface area contributed by atoms with E-state index < -0.39 is 0 Å². The van der Waals surface area contributed by atoms with E-state index in [1.807, 2.05) is 11.8 Å². The number of nitrogens with zero attached hydrogens (tertiary/aromatic N) is 2. The maximum atomic E-state index is 5.41. The van der Waals surface area contributed by atoms with Gasteiger partial charge in [0.15, 0.2) is 5.82 Å². The van der Waals surface area contributed by atoms with Crippen molar-refractivity contribution in [2.75, 3.05) is 12.3 Å². The predicted octanol–water partition coefficient (Wildman–Crippen LogP) is 1.01. The van der Waals surface area contributed by atoms with E-state index >= 15 is 0 Å². The van der Waals surface area contributed by atoms with Crippen LogP contribution in [0.5, 0.6) is 0 Å². The van der Waals surface area contributed by atoms with Gasteiger partial charge in [0.2, 0.25) is 5.89 Å². The number of thioether (sulfide) groups is 1. The van der Waals surface area contributed by atoms with Crippen molar-refractivity contribution < 1.29 is 4.52 Å². The van der Waals surface area contributed by atoms with Gasteiger partial charge in [-0.3, -0.25) is 0 Å². The molecule has 1 aliphatic rings. The number of nitrogens with two attached hydrogens (primary N) is 1. The molecule has 1 fully saturated rings. The van der Waals surface area contributed by atoms with Gasteiger partial charge < -0.3 is 10.3 Å². The third-order valence-corrected chi connectivity index (χ3v) is 3.70. The topological polar surface area (TPSA) is 64.9 Å². The minimum absolute atomic E-state index is 0.581. The minimum Gasteiger partial charge on any atom is -0.339 e. The first-order valence-corrected chi connectivity index (χ1v) is 6.06. The third-order valence-electron chi connectivity index (χ3n) is 2.30. The summed E-state index contributed by atoms with van der Waals surface area (Å²) in [6.45, 7) is 0.581. The predicted molar refractivity (Wildman–Crippen MR) is 56.2 cm³/mol. The van der Waals surface area contributed by atoms with Gasteiger partial charge in [0.1, 0.15) is 0 Å². The Morgan fingerprint density at radius 3 is 3.21 bits per heavy atom. The Kier molecular flexibility index (Phi) is 3.42. The first-order chi connectivity index (χ1) is 6.88. The van der Waals surface area contributed by atoms with E-state index in [-0.39, 0.29) is 0 Å². The van der Waals surface area contributed by atoms with Crippen LogP contribution < -0.4 is 5.73 Å². The molecule has 0 radical (unpaired) electrons. The van der Waals surface area contributed by atoms with Gasteiger partial charge >= 0.3 is 0 Å². The lowest BCUT2D eigenvalue weighted by Gasteiger charge is -2.02. The summed E-state index contributed by atoms with van der Waals surface area (Å²) < 4.78 is 5.15. The monoisotopic (exact) mass is 213 g/mol. The molecule has 1 aliphatic heterocycles. The lowest BCUT2D eigenvalue weighted by atomic mass is 10.2. The fraction of sp³-hybridized carbons (Fsp3) is 0.778. The van der Waals surface area contributed by atoms with Gasteiger partial charge in [-0.05, 0) is 25.1 Å². The zero-order valence-electron chi connectivity index (χ0n) is 8.11. The highest BCUT2D eigenvalue weighted by Crippen LogP contribution is 2.28. The molecule has 1 aromatic rings. The maximum absolute atomic E-state index is 5.41. The van der Waals surface area contributed by atoms with Crippen molar-refractivity contribution in [2.45, 2.75) is 30.9 Å². The molecule has 14 heavy (non-hydrogen) atoms. The quantitative estimate of drug-likeness (QED) is 0.808. The summed E-state index contributed by atoms with van der Waals surface area (Å²) in [6, 6.07) is 0. The van der Waals surface area contributed by atoms with Crippen LogP contribution in [0.25, 0.3) is 0 Å². The van der Waals surface area contributed by atoms with Crippen LogP contribution in [0.3, 0.4) is 0 Å². The van der Waals surface area contributed by atoms with Crippen molar-refractivity contribution in [2.24, 2.45) is 5.73 Å². The van der Waals surface area contributed by atoms with Gasteiger partial charge in [-0.2, -0.15) is 16.7 Å². The highest BCUT2D eigenvalue weighted by Gasteiger charge is 2.19. The standard InChI is InChI=1S/C9H15N3OS/c10-4-3-8-11-9(13-12-8)6-7-2-1-5-14-7/h7H,1-6,10H2. The number of hydrogen-bond acceptors (Lipinski definition) is 5. The zero-order chi connectivity index (χ0) is 9.80. The second-order valence-electron chi connectivity index (χ2n) is 3.48. The second kappa shape index (κ2) is 4.79. The molecule has 0 spiro atoms. The van der Waals surface area contributed by atoms with Crippen molar-refractivity contribution in [1.29, 1.82) is 0 Å². The SMILES string of the molecule is NCCc1noc(CC2CCCS2)n1. The smallest absolute Gasteiger partial charge is 0.227 e. The van der Waals surface area contributed by atoms with E-state index in [1.165, 1.54) is 18.6 Å². The fourth-order valence-corrected chi connectivity index (χ4v) is 2.86. The van der Waals surface area contributed by atoms with Crippen LogP contribution in [0.15, 0.2) is 4.52 Å². The summed E-state index contributed by atoms with van der Waals surface area (Å²) in [5.74, 6) is 2.78. The van der Waals surface area contributed by atoms with Crippen molar-refractivity contribution in [3.63, 3.8) is 0 Å². The third kappa shape index (κ3) is 2.48. The molecule has 1 saturated heterocycles. The normalized spacial score (nSPS) is 21.6. The highest BCUT2D eigenvalue weighted by atomic mass is 32.2. The molecule has 4 nitrogen and oxygen atoms in total. The van der Waals surface area contributed by atoms with E-state index in [0.29, 0.717) is 18.2 Å². The summed E-state index contributed by atoms with van der Waals surface area (Å²) in [7, 11) is 0. The lowest BCUT2D eigenvalue weighted by molar-refractivity contribution is 0.371. The van der Waals surface area contributed by atoms with Gasteiger partial charge in [0.05, 0.1) is 0 Å². The molecule has 0 aromatic carbocycles. The summed E-state index contributed by atoms with van der Waals surface area (Å²) in [6.07, 6.45) is 4.22. The molecular weight excluding hydrogens is 198 g/mol. The second-order valence-corrected chi connectivity index (χ2v) is 4.89. The van der Waals surface area contributed by atoms with Gasteiger partial charge in [0, 0.05) is 18.1 Å². The molecule has 1 atom stereocenters. The molecule has 1 aromatic heterocycles. The van der Waals surface area contributed by atoms with E-state index in [1.54, 1.807) is 0 Å². The van der Waals surface area contributed by atoms with E-state index in [2.05, 4.69) is 10.1 Å². The Morgan fingerprint density at radius 1 is 1.57 bits per heavy atom. The van der Waals surface area contributed by atoms with Crippen LogP contribution in [-0.4, -0.2) is 27.7 Å². The van der Waals surface area contributed by atoms with Crippen LogP contribution in [0.1, 0.15) is 24.6 Å². The Labute approximate surface area is 87.6 Å². The van der Waals surface area contributed by atoms with Crippen molar-refractivity contribution in [3.05, 3.63) is 11.7 Å². The molecule has 0 amide bonds. The summed E-state index contributed by atoms with van der Waals surface area (Å²) in [4.78, 5) is 4.29. The van der Waals surface area contributed by atoms with Crippen LogP contribution in [0, 0.1) is 0 Å². The maximum Gasteiger partial charge on any atom is 0.227 e. The Hall–Kier alpha value is -0.550. The van der Waals surface area contributed by atoms with Crippen LogP contribution in [-0.2, 0) is 12.8 Å². The Morgan fingerprint density at radius 2 is 2.50 bits per heavy atom. The number of rotatable bonds is 4. The van der Waals surface area contributed by atoms with Crippen molar-refractivity contribution >= 4 is 11.8 Å². The number of hydrogen-bond donors (Lipinski definition) is 1.